The van der Waals surface area contributed by atoms with E-state index in [0.29, 0.717) is 16.5 Å². The number of ether oxygens (including phenoxy) is 2. The lowest BCUT2D eigenvalue weighted by atomic mass is 9.80. The highest BCUT2D eigenvalue weighted by molar-refractivity contribution is 6.33. The first-order valence-corrected chi connectivity index (χ1v) is 6.25. The van der Waals surface area contributed by atoms with E-state index in [4.69, 9.17) is 26.2 Å². The Labute approximate surface area is 118 Å². The second-order valence-corrected chi connectivity index (χ2v) is 5.43. The highest BCUT2D eigenvalue weighted by Crippen LogP contribution is 2.44. The molecule has 0 bridgehead atoms. The van der Waals surface area contributed by atoms with Crippen LogP contribution in [0.3, 0.4) is 0 Å². The molecule has 0 amide bonds. The molecule has 0 unspecified atom stereocenters. The average Bonchev–Trinajstić information content (AvgIpc) is 2.30. The second-order valence-electron chi connectivity index (χ2n) is 5.05. The Balaban J connectivity index is 3.49. The van der Waals surface area contributed by atoms with Gasteiger partial charge < -0.3 is 14.6 Å². The van der Waals surface area contributed by atoms with Crippen molar-refractivity contribution in [3.8, 4) is 11.5 Å². The summed E-state index contributed by atoms with van der Waals surface area (Å²) in [4.78, 5) is 11.0. The molecule has 4 nitrogen and oxygen atoms in total. The maximum absolute atomic E-state index is 11.0. The van der Waals surface area contributed by atoms with Gasteiger partial charge in [-0.05, 0) is 13.0 Å². The maximum atomic E-state index is 11.0. The fourth-order valence-corrected chi connectivity index (χ4v) is 2.36. The zero-order chi connectivity index (χ0) is 14.8. The van der Waals surface area contributed by atoms with Crippen molar-refractivity contribution in [1.29, 1.82) is 0 Å². The first-order chi connectivity index (χ1) is 8.74. The van der Waals surface area contributed by atoms with Gasteiger partial charge in [0.25, 0.3) is 0 Å². The standard InChI is InChI=1S/C14H19ClO4/c1-8-10(18-4)6-9(13(19-5)12(8)15)14(2,3)7-11(16)17/h6H,7H2,1-5H3,(H,16,17). The van der Waals surface area contributed by atoms with Crippen molar-refractivity contribution >= 4 is 17.6 Å². The molecule has 106 valence electrons. The number of hydrogen-bond donors (Lipinski definition) is 1. The number of carboxylic acid groups (broad SMARTS) is 1. The van der Waals surface area contributed by atoms with Crippen LogP contribution < -0.4 is 9.47 Å². The van der Waals surface area contributed by atoms with Crippen LogP contribution in [0.15, 0.2) is 6.07 Å². The minimum absolute atomic E-state index is 0.0219. The quantitative estimate of drug-likeness (QED) is 0.901. The predicted molar refractivity (Wildman–Crippen MR) is 74.6 cm³/mol. The molecule has 5 heteroatoms. The van der Waals surface area contributed by atoms with Crippen LogP contribution >= 0.6 is 11.6 Å². The molecule has 0 aliphatic carbocycles. The summed E-state index contributed by atoms with van der Waals surface area (Å²) in [7, 11) is 3.08. The third kappa shape index (κ3) is 3.13. The Morgan fingerprint density at radius 1 is 1.37 bits per heavy atom. The van der Waals surface area contributed by atoms with E-state index in [0.717, 1.165) is 11.1 Å². The predicted octanol–water partition coefficient (Wildman–Crippen LogP) is 3.42. The summed E-state index contributed by atoms with van der Waals surface area (Å²) in [6.07, 6.45) is -0.0219. The van der Waals surface area contributed by atoms with Crippen molar-refractivity contribution in [2.45, 2.75) is 32.6 Å². The number of aliphatic carboxylic acids is 1. The lowest BCUT2D eigenvalue weighted by Crippen LogP contribution is -2.23. The second kappa shape index (κ2) is 5.70. The lowest BCUT2D eigenvalue weighted by Gasteiger charge is -2.27. The Hall–Kier alpha value is -1.42. The summed E-state index contributed by atoms with van der Waals surface area (Å²) < 4.78 is 10.6. The molecule has 0 heterocycles. The Kier molecular flexibility index (Phi) is 4.69. The number of benzene rings is 1. The topological polar surface area (TPSA) is 55.8 Å². The molecular formula is C14H19ClO4. The van der Waals surface area contributed by atoms with E-state index < -0.39 is 11.4 Å². The molecule has 0 saturated carbocycles. The van der Waals surface area contributed by atoms with Crippen LogP contribution in [0.2, 0.25) is 5.02 Å². The summed E-state index contributed by atoms with van der Waals surface area (Å²) in [5.74, 6) is 0.258. The minimum Gasteiger partial charge on any atom is -0.496 e. The average molecular weight is 287 g/mol. The van der Waals surface area contributed by atoms with Gasteiger partial charge in [0.05, 0.1) is 25.7 Å². The van der Waals surface area contributed by atoms with Crippen molar-refractivity contribution in [3.05, 3.63) is 22.2 Å². The molecule has 0 radical (unpaired) electrons. The Morgan fingerprint density at radius 3 is 2.37 bits per heavy atom. The summed E-state index contributed by atoms with van der Waals surface area (Å²) >= 11 is 6.27. The molecule has 19 heavy (non-hydrogen) atoms. The van der Waals surface area contributed by atoms with Gasteiger partial charge in [-0.3, -0.25) is 4.79 Å². The van der Waals surface area contributed by atoms with E-state index in [1.165, 1.54) is 7.11 Å². The van der Waals surface area contributed by atoms with Gasteiger partial charge >= 0.3 is 5.97 Å². The smallest absolute Gasteiger partial charge is 0.304 e. The zero-order valence-corrected chi connectivity index (χ0v) is 12.6. The SMILES string of the molecule is COc1cc(C(C)(C)CC(=O)O)c(OC)c(Cl)c1C. The van der Waals surface area contributed by atoms with Crippen LogP contribution in [-0.4, -0.2) is 25.3 Å². The van der Waals surface area contributed by atoms with Gasteiger partial charge in [-0.15, -0.1) is 0 Å². The summed E-state index contributed by atoms with van der Waals surface area (Å²) in [6.45, 7) is 5.51. The summed E-state index contributed by atoms with van der Waals surface area (Å²) in [6, 6.07) is 1.79. The van der Waals surface area contributed by atoms with E-state index in [1.807, 2.05) is 20.8 Å². The van der Waals surface area contributed by atoms with Crippen molar-refractivity contribution in [3.63, 3.8) is 0 Å². The Bertz CT molecular complexity index is 495. The van der Waals surface area contributed by atoms with E-state index >= 15 is 0 Å². The van der Waals surface area contributed by atoms with Gasteiger partial charge in [-0.2, -0.15) is 0 Å². The number of carboxylic acids is 1. The molecule has 1 rings (SSSR count). The van der Waals surface area contributed by atoms with Crippen molar-refractivity contribution in [1.82, 2.24) is 0 Å². The van der Waals surface area contributed by atoms with Gasteiger partial charge in [-0.25, -0.2) is 0 Å². The molecule has 0 fully saturated rings. The highest BCUT2D eigenvalue weighted by Gasteiger charge is 2.30. The molecule has 1 aromatic carbocycles. The fraction of sp³-hybridized carbons (Fsp3) is 0.500. The number of rotatable bonds is 5. The minimum atomic E-state index is -0.872. The molecule has 0 aliphatic rings. The van der Waals surface area contributed by atoms with Crippen molar-refractivity contribution in [2.75, 3.05) is 14.2 Å². The maximum Gasteiger partial charge on any atom is 0.304 e. The van der Waals surface area contributed by atoms with Crippen LogP contribution in [0.25, 0.3) is 0 Å². The molecule has 0 spiro atoms. The van der Waals surface area contributed by atoms with Crippen LogP contribution in [0.5, 0.6) is 11.5 Å². The fourth-order valence-electron chi connectivity index (χ4n) is 2.09. The van der Waals surface area contributed by atoms with Gasteiger partial charge in [-0.1, -0.05) is 25.4 Å². The van der Waals surface area contributed by atoms with Crippen LogP contribution in [0.4, 0.5) is 0 Å². The molecule has 0 atom stereocenters. The van der Waals surface area contributed by atoms with E-state index in [-0.39, 0.29) is 6.42 Å². The zero-order valence-electron chi connectivity index (χ0n) is 11.8. The largest absolute Gasteiger partial charge is 0.496 e. The monoisotopic (exact) mass is 286 g/mol. The summed E-state index contributed by atoms with van der Waals surface area (Å²) in [5.41, 5.74) is 0.891. The molecule has 1 aromatic rings. The summed E-state index contributed by atoms with van der Waals surface area (Å²) in [5, 5.41) is 9.47. The van der Waals surface area contributed by atoms with Crippen LogP contribution in [-0.2, 0) is 10.2 Å². The third-order valence-corrected chi connectivity index (χ3v) is 3.62. The Morgan fingerprint density at radius 2 is 1.95 bits per heavy atom. The molecule has 1 N–H and O–H groups in total. The highest BCUT2D eigenvalue weighted by atomic mass is 35.5. The number of carbonyl (C=O) groups is 1. The van der Waals surface area contributed by atoms with Crippen molar-refractivity contribution < 1.29 is 19.4 Å². The number of halogens is 1. The van der Waals surface area contributed by atoms with E-state index in [9.17, 15) is 4.79 Å². The third-order valence-electron chi connectivity index (χ3n) is 3.16. The van der Waals surface area contributed by atoms with Gasteiger partial charge in [0.1, 0.15) is 11.5 Å². The first kappa shape index (κ1) is 15.6. The van der Waals surface area contributed by atoms with E-state index in [1.54, 1.807) is 13.2 Å². The molecular weight excluding hydrogens is 268 g/mol. The molecule has 0 aliphatic heterocycles. The van der Waals surface area contributed by atoms with E-state index in [2.05, 4.69) is 0 Å². The van der Waals surface area contributed by atoms with Gasteiger partial charge in [0, 0.05) is 16.5 Å². The van der Waals surface area contributed by atoms with Gasteiger partial charge in [0.15, 0.2) is 0 Å². The molecule has 0 saturated heterocycles. The number of methoxy groups -OCH3 is 2. The van der Waals surface area contributed by atoms with Crippen LogP contribution in [0, 0.1) is 6.92 Å². The normalized spacial score (nSPS) is 11.3. The van der Waals surface area contributed by atoms with Crippen molar-refractivity contribution in [2.24, 2.45) is 0 Å². The first-order valence-electron chi connectivity index (χ1n) is 5.88. The number of hydrogen-bond acceptors (Lipinski definition) is 3. The van der Waals surface area contributed by atoms with Crippen LogP contribution in [0.1, 0.15) is 31.4 Å². The lowest BCUT2D eigenvalue weighted by molar-refractivity contribution is -0.138. The molecule has 0 aromatic heterocycles. The van der Waals surface area contributed by atoms with Gasteiger partial charge in [0.2, 0.25) is 0 Å².